The van der Waals surface area contributed by atoms with Gasteiger partial charge in [-0.25, -0.2) is 0 Å². The van der Waals surface area contributed by atoms with Gasteiger partial charge in [-0.3, -0.25) is 0 Å². The van der Waals surface area contributed by atoms with Crippen LogP contribution in [0.5, 0.6) is 0 Å². The summed E-state index contributed by atoms with van der Waals surface area (Å²) in [6.45, 7) is 4.42. The van der Waals surface area contributed by atoms with Gasteiger partial charge in [0.25, 0.3) is 0 Å². The van der Waals surface area contributed by atoms with Gasteiger partial charge in [-0.15, -0.1) is 0 Å². The topological polar surface area (TPSA) is 47.6 Å². The van der Waals surface area contributed by atoms with Crippen molar-refractivity contribution in [1.29, 1.82) is 10.5 Å². The van der Waals surface area contributed by atoms with Gasteiger partial charge in [0.05, 0.1) is 0 Å². The predicted molar refractivity (Wildman–Crippen MR) is 54.4 cm³/mol. The number of hydrogen-bond donors (Lipinski definition) is 2. The molecule has 2 nitrogen and oxygen atoms in total. The van der Waals surface area contributed by atoms with Crippen LogP contribution in [-0.4, -0.2) is 0 Å². The lowest BCUT2D eigenvalue weighted by atomic mass is 10.3. The van der Waals surface area contributed by atoms with Gasteiger partial charge in [0.15, 0.2) is 0 Å². The summed E-state index contributed by atoms with van der Waals surface area (Å²) >= 11 is 6.19. The highest BCUT2D eigenvalue weighted by molar-refractivity contribution is 7.85. The van der Waals surface area contributed by atoms with E-state index >= 15 is 0 Å². The fourth-order valence-corrected chi connectivity index (χ4v) is 0.354. The van der Waals surface area contributed by atoms with Crippen LogP contribution in [-0.2, 0) is 0 Å². The first-order valence-corrected chi connectivity index (χ1v) is 4.20. The van der Waals surface area contributed by atoms with Gasteiger partial charge in [-0.05, 0) is 0 Å². The first kappa shape index (κ1) is 17.0. The minimum Gasteiger partial charge on any atom is -0.185 e. The normalized spacial score (nSPS) is 5.27. The summed E-state index contributed by atoms with van der Waals surface area (Å²) in [5, 5.41) is 17.3. The summed E-state index contributed by atoms with van der Waals surface area (Å²) in [6, 6.07) is 0. The van der Waals surface area contributed by atoms with E-state index in [2.05, 4.69) is 39.1 Å². The van der Waals surface area contributed by atoms with Gasteiger partial charge in [0.1, 0.15) is 10.8 Å². The molecule has 0 aliphatic rings. The number of nitrogens with zero attached hydrogens (tertiary/aromatic N) is 2. The van der Waals surface area contributed by atoms with Crippen molar-refractivity contribution < 1.29 is 0 Å². The molecule has 11 heavy (non-hydrogen) atoms. The van der Waals surface area contributed by atoms with Crippen LogP contribution in [0.4, 0.5) is 0 Å². The van der Waals surface area contributed by atoms with E-state index in [1.165, 1.54) is 30.1 Å². The second-order valence-electron chi connectivity index (χ2n) is 1.55. The lowest BCUT2D eigenvalue weighted by molar-refractivity contribution is 0.772. The molecular formula is C7H14N2S2. The average Bonchev–Trinajstić information content (AvgIpc) is 1.92. The Balaban J connectivity index is -0.0000000933. The zero-order chi connectivity index (χ0) is 9.54. The molecule has 0 aliphatic carbocycles. The van der Waals surface area contributed by atoms with Gasteiger partial charge in [0.2, 0.25) is 0 Å². The van der Waals surface area contributed by atoms with Crippen LogP contribution in [0.25, 0.3) is 0 Å². The molecule has 0 heterocycles. The van der Waals surface area contributed by atoms with Gasteiger partial charge in [-0.2, -0.15) is 10.5 Å². The Hall–Kier alpha value is -0.320. The molecule has 0 aromatic rings. The Kier molecular flexibility index (Phi) is 51.4. The summed E-state index contributed by atoms with van der Waals surface area (Å²) < 4.78 is 0. The Morgan fingerprint density at radius 2 is 1.18 bits per heavy atom. The Labute approximate surface area is 80.0 Å². The third kappa shape index (κ3) is 202. The number of unbranched alkanes of at least 4 members (excludes halogenated alkanes) is 2. The molecule has 0 saturated heterocycles. The van der Waals surface area contributed by atoms with E-state index in [1.807, 2.05) is 0 Å². The lowest BCUT2D eigenvalue weighted by Gasteiger charge is -1.79. The molecule has 0 unspecified atom stereocenters. The van der Waals surface area contributed by atoms with E-state index < -0.39 is 0 Å². The molecule has 0 fully saturated rings. The second-order valence-corrected chi connectivity index (χ2v) is 1.95. The lowest BCUT2D eigenvalue weighted by Crippen LogP contribution is -1.59. The van der Waals surface area contributed by atoms with Crippen LogP contribution in [0.1, 0.15) is 33.1 Å². The van der Waals surface area contributed by atoms with Crippen molar-refractivity contribution in [1.82, 2.24) is 0 Å². The van der Waals surface area contributed by atoms with Gasteiger partial charge in [0, 0.05) is 0 Å². The molecule has 0 atom stereocenters. The number of nitriles is 2. The third-order valence-electron chi connectivity index (χ3n) is 0.707. The van der Waals surface area contributed by atoms with E-state index in [0.29, 0.717) is 0 Å². The molecule has 0 radical (unpaired) electrons. The fraction of sp³-hybridized carbons (Fsp3) is 0.714. The van der Waals surface area contributed by atoms with Crippen molar-refractivity contribution in [3.63, 3.8) is 0 Å². The molecule has 0 aromatic carbocycles. The molecule has 0 aliphatic heterocycles. The average molecular weight is 190 g/mol. The minimum absolute atomic E-state index is 1.34. The predicted octanol–water partition coefficient (Wildman–Crippen LogP) is 2.99. The zero-order valence-electron chi connectivity index (χ0n) is 6.91. The maximum absolute atomic E-state index is 7.18. The smallest absolute Gasteiger partial charge is 0.130 e. The van der Waals surface area contributed by atoms with Gasteiger partial charge in [-0.1, -0.05) is 58.4 Å². The highest BCUT2D eigenvalue weighted by Gasteiger charge is 1.68. The highest BCUT2D eigenvalue weighted by Crippen LogP contribution is 1.88. The van der Waals surface area contributed by atoms with E-state index in [-0.39, 0.29) is 0 Å². The molecule has 0 aromatic heterocycles. The van der Waals surface area contributed by atoms with Crippen molar-refractivity contribution in [2.45, 2.75) is 33.1 Å². The summed E-state index contributed by atoms with van der Waals surface area (Å²) in [6.07, 6.45) is 4.08. The Morgan fingerprint density at radius 3 is 1.18 bits per heavy atom. The van der Waals surface area contributed by atoms with Crippen molar-refractivity contribution >= 4 is 25.3 Å². The largest absolute Gasteiger partial charge is 0.185 e. The first-order chi connectivity index (χ1) is 5.24. The van der Waals surface area contributed by atoms with Crippen molar-refractivity contribution in [2.24, 2.45) is 0 Å². The Bertz CT molecular complexity index is 98.6. The molecule has 0 spiro atoms. The summed E-state index contributed by atoms with van der Waals surface area (Å²) in [5.41, 5.74) is 0. The monoisotopic (exact) mass is 190 g/mol. The SMILES string of the molecule is CCCCC.N#CS.N#CS. The number of thiol groups is 2. The number of hydrogen-bond acceptors (Lipinski definition) is 4. The van der Waals surface area contributed by atoms with Crippen molar-refractivity contribution in [2.75, 3.05) is 0 Å². The summed E-state index contributed by atoms with van der Waals surface area (Å²) in [7, 11) is 0. The fourth-order valence-electron chi connectivity index (χ4n) is 0.354. The highest BCUT2D eigenvalue weighted by atomic mass is 32.1. The first-order valence-electron chi connectivity index (χ1n) is 3.31. The molecule has 64 valence electrons. The number of rotatable bonds is 2. The maximum atomic E-state index is 7.18. The molecule has 0 bridgehead atoms. The van der Waals surface area contributed by atoms with Crippen LogP contribution in [0, 0.1) is 21.3 Å². The van der Waals surface area contributed by atoms with E-state index in [1.54, 1.807) is 0 Å². The van der Waals surface area contributed by atoms with Crippen molar-refractivity contribution in [3.8, 4) is 10.8 Å². The number of thiocyanates is 2. The zero-order valence-corrected chi connectivity index (χ0v) is 8.70. The van der Waals surface area contributed by atoms with Crippen LogP contribution in [0.2, 0.25) is 0 Å². The minimum atomic E-state index is 1.34. The molecule has 0 N–H and O–H groups in total. The van der Waals surface area contributed by atoms with Crippen LogP contribution in [0.3, 0.4) is 0 Å². The second kappa shape index (κ2) is 33.3. The molecule has 0 rings (SSSR count). The van der Waals surface area contributed by atoms with Crippen LogP contribution >= 0.6 is 25.3 Å². The van der Waals surface area contributed by atoms with E-state index in [0.717, 1.165) is 0 Å². The van der Waals surface area contributed by atoms with Gasteiger partial charge < -0.3 is 0 Å². The van der Waals surface area contributed by atoms with Crippen LogP contribution < -0.4 is 0 Å². The standard InChI is InChI=1S/C5H12.2CHNS/c1-3-5-4-2;2*2-1-3/h3-5H2,1-2H3;2*3H. The quantitative estimate of drug-likeness (QED) is 0.519. The molecular weight excluding hydrogens is 176 g/mol. The molecule has 0 saturated carbocycles. The van der Waals surface area contributed by atoms with Crippen molar-refractivity contribution in [3.05, 3.63) is 0 Å². The summed E-state index contributed by atoms with van der Waals surface area (Å²) in [4.78, 5) is 0. The maximum Gasteiger partial charge on any atom is 0.130 e. The van der Waals surface area contributed by atoms with E-state index in [9.17, 15) is 0 Å². The van der Waals surface area contributed by atoms with Gasteiger partial charge >= 0.3 is 0 Å². The summed E-state index contributed by atoms with van der Waals surface area (Å²) in [5.74, 6) is 0. The van der Waals surface area contributed by atoms with E-state index in [4.69, 9.17) is 10.5 Å². The Morgan fingerprint density at radius 1 is 1.00 bits per heavy atom. The third-order valence-corrected chi connectivity index (χ3v) is 0.707. The molecule has 4 heteroatoms. The van der Waals surface area contributed by atoms with Crippen LogP contribution in [0.15, 0.2) is 0 Å². The molecule has 0 amide bonds.